The third-order valence-corrected chi connectivity index (χ3v) is 3.15. The number of aromatic amines is 1. The van der Waals surface area contributed by atoms with E-state index in [1.54, 1.807) is 6.92 Å². The molecule has 0 bridgehead atoms. The number of hydrogen-bond acceptors (Lipinski definition) is 3. The van der Waals surface area contributed by atoms with E-state index in [9.17, 15) is 9.59 Å². The van der Waals surface area contributed by atoms with Crippen LogP contribution < -0.4 is 11.2 Å². The number of H-pyrrole nitrogens is 1. The van der Waals surface area contributed by atoms with E-state index in [2.05, 4.69) is 4.98 Å². The summed E-state index contributed by atoms with van der Waals surface area (Å²) in [6, 6.07) is 0. The largest absolute Gasteiger partial charge is 0.376 e. The Hall–Kier alpha value is -1.07. The highest BCUT2D eigenvalue weighted by atomic mass is 35.5. The monoisotopic (exact) mass is 244 g/mol. The molecule has 0 radical (unpaired) electrons. The average Bonchev–Trinajstić information content (AvgIpc) is 2.74. The van der Waals surface area contributed by atoms with Gasteiger partial charge in [0.15, 0.2) is 0 Å². The molecule has 1 aliphatic rings. The van der Waals surface area contributed by atoms with Crippen molar-refractivity contribution in [1.82, 2.24) is 9.55 Å². The van der Waals surface area contributed by atoms with Crippen LogP contribution in [0.2, 0.25) is 5.15 Å². The van der Waals surface area contributed by atoms with Gasteiger partial charge >= 0.3 is 5.69 Å². The molecule has 0 saturated carbocycles. The van der Waals surface area contributed by atoms with Gasteiger partial charge in [0.1, 0.15) is 5.15 Å². The van der Waals surface area contributed by atoms with Crippen molar-refractivity contribution in [2.24, 2.45) is 0 Å². The zero-order chi connectivity index (χ0) is 11.7. The molecule has 0 aliphatic carbocycles. The maximum atomic E-state index is 11.8. The molecule has 1 aromatic heterocycles. The summed E-state index contributed by atoms with van der Waals surface area (Å²) in [5.41, 5.74) is -0.459. The molecule has 6 heteroatoms. The van der Waals surface area contributed by atoms with Gasteiger partial charge in [-0.05, 0) is 19.8 Å². The SMILES string of the molecule is Cc1c(Cl)[nH]c(=O)n(CC2CCCO2)c1=O. The third-order valence-electron chi connectivity index (χ3n) is 2.77. The summed E-state index contributed by atoms with van der Waals surface area (Å²) in [5.74, 6) is 0. The Morgan fingerprint density at radius 2 is 2.31 bits per heavy atom. The summed E-state index contributed by atoms with van der Waals surface area (Å²) < 4.78 is 6.54. The van der Waals surface area contributed by atoms with E-state index in [0.717, 1.165) is 17.4 Å². The molecule has 0 aromatic carbocycles. The van der Waals surface area contributed by atoms with E-state index < -0.39 is 5.69 Å². The Labute approximate surface area is 97.0 Å². The summed E-state index contributed by atoms with van der Waals surface area (Å²) >= 11 is 5.71. The highest BCUT2D eigenvalue weighted by Gasteiger charge is 2.18. The molecule has 1 saturated heterocycles. The Morgan fingerprint density at radius 3 is 2.94 bits per heavy atom. The lowest BCUT2D eigenvalue weighted by atomic mass is 10.2. The standard InChI is InChI=1S/C10H13ClN2O3/c1-6-8(11)12-10(15)13(9(6)14)5-7-3-2-4-16-7/h7H,2-5H2,1H3,(H,12,15). The van der Waals surface area contributed by atoms with Crippen molar-refractivity contribution in [2.45, 2.75) is 32.4 Å². The second-order valence-corrected chi connectivity index (χ2v) is 4.30. The van der Waals surface area contributed by atoms with Gasteiger partial charge in [0, 0.05) is 12.2 Å². The molecule has 2 rings (SSSR count). The van der Waals surface area contributed by atoms with Crippen molar-refractivity contribution in [3.8, 4) is 0 Å². The van der Waals surface area contributed by atoms with Crippen molar-refractivity contribution in [3.63, 3.8) is 0 Å². The van der Waals surface area contributed by atoms with Crippen LogP contribution in [0.15, 0.2) is 9.59 Å². The maximum Gasteiger partial charge on any atom is 0.329 e. The van der Waals surface area contributed by atoms with Gasteiger partial charge in [-0.15, -0.1) is 0 Å². The number of hydrogen-bond donors (Lipinski definition) is 1. The molecule has 2 heterocycles. The molecule has 1 unspecified atom stereocenters. The van der Waals surface area contributed by atoms with Gasteiger partial charge in [-0.1, -0.05) is 11.6 Å². The minimum absolute atomic E-state index is 0.0422. The predicted molar refractivity (Wildman–Crippen MR) is 60.0 cm³/mol. The number of ether oxygens (including phenoxy) is 1. The van der Waals surface area contributed by atoms with Crippen LogP contribution in [-0.4, -0.2) is 22.3 Å². The number of halogens is 1. The first kappa shape index (κ1) is 11.4. The normalized spacial score (nSPS) is 20.2. The second-order valence-electron chi connectivity index (χ2n) is 3.92. The fourth-order valence-electron chi connectivity index (χ4n) is 1.80. The Balaban J connectivity index is 2.37. The van der Waals surface area contributed by atoms with Gasteiger partial charge < -0.3 is 4.74 Å². The van der Waals surface area contributed by atoms with Crippen LogP contribution in [0.1, 0.15) is 18.4 Å². The van der Waals surface area contributed by atoms with Crippen molar-refractivity contribution in [2.75, 3.05) is 6.61 Å². The average molecular weight is 245 g/mol. The Kier molecular flexibility index (Phi) is 3.16. The first-order valence-electron chi connectivity index (χ1n) is 5.20. The van der Waals surface area contributed by atoms with Gasteiger partial charge in [0.2, 0.25) is 0 Å². The number of nitrogens with zero attached hydrogens (tertiary/aromatic N) is 1. The van der Waals surface area contributed by atoms with Crippen LogP contribution in [0, 0.1) is 6.92 Å². The van der Waals surface area contributed by atoms with E-state index in [1.165, 1.54) is 0 Å². The van der Waals surface area contributed by atoms with Crippen LogP contribution in [0.4, 0.5) is 0 Å². The zero-order valence-electron chi connectivity index (χ0n) is 8.96. The highest BCUT2D eigenvalue weighted by Crippen LogP contribution is 2.12. The summed E-state index contributed by atoms with van der Waals surface area (Å²) in [6.07, 6.45) is 1.82. The molecule has 1 fully saturated rings. The van der Waals surface area contributed by atoms with Crippen LogP contribution in [-0.2, 0) is 11.3 Å². The molecule has 16 heavy (non-hydrogen) atoms. The van der Waals surface area contributed by atoms with Gasteiger partial charge in [-0.3, -0.25) is 14.3 Å². The van der Waals surface area contributed by atoms with Crippen LogP contribution in [0.25, 0.3) is 0 Å². The molecule has 0 amide bonds. The molecule has 0 spiro atoms. The molecular formula is C10H13ClN2O3. The lowest BCUT2D eigenvalue weighted by Gasteiger charge is -2.11. The minimum Gasteiger partial charge on any atom is -0.376 e. The first-order valence-corrected chi connectivity index (χ1v) is 5.58. The van der Waals surface area contributed by atoms with E-state index in [-0.39, 0.29) is 16.8 Å². The lowest BCUT2D eigenvalue weighted by Crippen LogP contribution is -2.39. The van der Waals surface area contributed by atoms with Crippen molar-refractivity contribution in [3.05, 3.63) is 31.6 Å². The Morgan fingerprint density at radius 1 is 1.56 bits per heavy atom. The van der Waals surface area contributed by atoms with Crippen LogP contribution in [0.3, 0.4) is 0 Å². The Bertz CT molecular complexity index is 500. The lowest BCUT2D eigenvalue weighted by molar-refractivity contribution is 0.0949. The molecule has 1 aliphatic heterocycles. The number of rotatable bonds is 2. The van der Waals surface area contributed by atoms with Crippen LogP contribution in [0.5, 0.6) is 0 Å². The highest BCUT2D eigenvalue weighted by molar-refractivity contribution is 6.30. The van der Waals surface area contributed by atoms with Gasteiger partial charge in [0.05, 0.1) is 12.6 Å². The van der Waals surface area contributed by atoms with Crippen molar-refractivity contribution in [1.29, 1.82) is 0 Å². The molecule has 88 valence electrons. The minimum atomic E-state index is -0.476. The van der Waals surface area contributed by atoms with Gasteiger partial charge in [-0.2, -0.15) is 0 Å². The fourth-order valence-corrected chi connectivity index (χ4v) is 1.96. The quantitative estimate of drug-likeness (QED) is 0.778. The predicted octanol–water partition coefficient (Wildman–Crippen LogP) is 0.677. The summed E-state index contributed by atoms with van der Waals surface area (Å²) in [5, 5.41) is 0.110. The smallest absolute Gasteiger partial charge is 0.329 e. The van der Waals surface area contributed by atoms with Crippen LogP contribution >= 0.6 is 11.6 Å². The van der Waals surface area contributed by atoms with Gasteiger partial charge in [-0.25, -0.2) is 4.79 Å². The van der Waals surface area contributed by atoms with E-state index >= 15 is 0 Å². The first-order chi connectivity index (χ1) is 7.59. The molecule has 1 atom stereocenters. The van der Waals surface area contributed by atoms with E-state index in [0.29, 0.717) is 18.7 Å². The van der Waals surface area contributed by atoms with Gasteiger partial charge in [0.25, 0.3) is 5.56 Å². The zero-order valence-corrected chi connectivity index (χ0v) is 9.71. The third kappa shape index (κ3) is 2.05. The maximum absolute atomic E-state index is 11.8. The molecule has 5 nitrogen and oxygen atoms in total. The van der Waals surface area contributed by atoms with E-state index in [1.807, 2.05) is 0 Å². The fraction of sp³-hybridized carbons (Fsp3) is 0.600. The molecule has 1 aromatic rings. The van der Waals surface area contributed by atoms with E-state index in [4.69, 9.17) is 16.3 Å². The van der Waals surface area contributed by atoms with Crippen molar-refractivity contribution < 1.29 is 4.74 Å². The summed E-state index contributed by atoms with van der Waals surface area (Å²) in [4.78, 5) is 25.8. The number of nitrogens with one attached hydrogen (secondary N) is 1. The molecule has 1 N–H and O–H groups in total. The summed E-state index contributed by atoms with van der Waals surface area (Å²) in [7, 11) is 0. The molecular weight excluding hydrogens is 232 g/mol. The second kappa shape index (κ2) is 4.43. The summed E-state index contributed by atoms with van der Waals surface area (Å²) in [6.45, 7) is 2.59. The van der Waals surface area contributed by atoms with Crippen molar-refractivity contribution >= 4 is 11.6 Å². The topological polar surface area (TPSA) is 64.1 Å². The number of aromatic nitrogens is 2.